The summed E-state index contributed by atoms with van der Waals surface area (Å²) >= 11 is 0. The van der Waals surface area contributed by atoms with Crippen molar-refractivity contribution >= 4 is 27.5 Å². The highest BCUT2D eigenvalue weighted by Gasteiger charge is 2.40. The number of rotatable bonds is 7. The minimum absolute atomic E-state index is 0.0517. The van der Waals surface area contributed by atoms with Crippen LogP contribution in [-0.2, 0) is 6.42 Å². The van der Waals surface area contributed by atoms with Crippen molar-refractivity contribution in [3.63, 3.8) is 0 Å². The monoisotopic (exact) mass is 623 g/mol. The number of benzene rings is 2. The number of likely N-dealkylation sites (tertiary alicyclic amines) is 1. The summed E-state index contributed by atoms with van der Waals surface area (Å²) in [6, 6.07) is 5.72. The Morgan fingerprint density at radius 3 is 2.64 bits per heavy atom. The van der Waals surface area contributed by atoms with Gasteiger partial charge in [-0.05, 0) is 86.7 Å². The molecule has 3 atom stereocenters. The quantitative estimate of drug-likeness (QED) is 0.257. The van der Waals surface area contributed by atoms with Crippen molar-refractivity contribution in [2.24, 2.45) is 11.3 Å². The van der Waals surface area contributed by atoms with E-state index in [1.807, 2.05) is 25.8 Å². The molecule has 0 bridgehead atoms. The number of phenolic OH excluding ortho intramolecular Hbond substituents is 1. The molecule has 240 valence electrons. The number of hydrogen-bond acceptors (Lipinski definition) is 8. The molecule has 11 heteroatoms. The predicted molar refractivity (Wildman–Crippen MR) is 168 cm³/mol. The molecule has 2 N–H and O–H groups in total. The lowest BCUT2D eigenvalue weighted by molar-refractivity contribution is 0.000293. The van der Waals surface area contributed by atoms with Crippen molar-refractivity contribution < 1.29 is 28.1 Å². The number of phenols is 1. The van der Waals surface area contributed by atoms with Crippen LogP contribution < -0.4 is 9.64 Å². The second kappa shape index (κ2) is 11.9. The van der Waals surface area contributed by atoms with Gasteiger partial charge < -0.3 is 24.7 Å². The molecule has 4 heterocycles. The summed E-state index contributed by atoms with van der Waals surface area (Å²) in [7, 11) is 1.99. The number of ether oxygens (including phenoxy) is 1. The molecule has 2 fully saturated rings. The number of aryl methyl sites for hydroxylation is 1. The van der Waals surface area contributed by atoms with Crippen LogP contribution in [-0.4, -0.2) is 82.2 Å². The lowest BCUT2D eigenvalue weighted by Crippen LogP contribution is -2.49. The van der Waals surface area contributed by atoms with Crippen LogP contribution in [0.15, 0.2) is 30.5 Å². The van der Waals surface area contributed by atoms with Crippen LogP contribution in [0.5, 0.6) is 11.8 Å². The van der Waals surface area contributed by atoms with E-state index in [0.29, 0.717) is 66.3 Å². The van der Waals surface area contributed by atoms with Gasteiger partial charge in [0.2, 0.25) is 0 Å². The van der Waals surface area contributed by atoms with Crippen molar-refractivity contribution in [3.8, 4) is 23.0 Å². The Kier molecular flexibility index (Phi) is 8.28. The number of aromatic hydroxyl groups is 1. The summed E-state index contributed by atoms with van der Waals surface area (Å²) in [6.07, 6.45) is 3.84. The minimum atomic E-state index is -0.974. The first-order valence-electron chi connectivity index (χ1n) is 15.6. The molecule has 0 spiro atoms. The minimum Gasteiger partial charge on any atom is -0.508 e. The number of fused-ring (bicyclic) bond motifs is 2. The number of aliphatic hydroxyl groups is 1. The van der Waals surface area contributed by atoms with Gasteiger partial charge in [0.25, 0.3) is 0 Å². The summed E-state index contributed by atoms with van der Waals surface area (Å²) in [5.74, 6) is -1.13. The topological polar surface area (TPSA) is 94.8 Å². The Hall–Kier alpha value is -3.70. The Bertz CT molecular complexity index is 1750. The number of aromatic nitrogens is 3. The number of β-amino-alcohol motifs (C(OH)–C–C–N with tert-alkyl or cyclic N) is 1. The third kappa shape index (κ3) is 5.88. The van der Waals surface area contributed by atoms with Gasteiger partial charge in [-0.25, -0.2) is 8.78 Å². The summed E-state index contributed by atoms with van der Waals surface area (Å²) in [5.41, 5.74) is -1.00. The Labute approximate surface area is 260 Å². The Balaban J connectivity index is 1.51. The van der Waals surface area contributed by atoms with Crippen molar-refractivity contribution in [2.75, 3.05) is 51.4 Å². The fraction of sp³-hybridized carbons (Fsp3) is 0.500. The molecule has 2 aliphatic rings. The van der Waals surface area contributed by atoms with Gasteiger partial charge in [-0.1, -0.05) is 19.9 Å². The zero-order valence-electron chi connectivity index (χ0n) is 26.2. The third-order valence-electron chi connectivity index (χ3n) is 9.57. The molecule has 6 rings (SSSR count). The SMILES string of the molecule is CCc1c(F)ccc2cc(O)cc(-c3ncc4c(N5CCC[C@@](C)(O)C5)nc(OC[C@]5(C)CN(C)CC[C@@H]5CF)nc4c3F)c12. The molecule has 45 heavy (non-hydrogen) atoms. The number of nitrogens with zero attached hydrogens (tertiary/aromatic N) is 5. The van der Waals surface area contributed by atoms with Crippen molar-refractivity contribution in [2.45, 2.75) is 52.1 Å². The zero-order chi connectivity index (χ0) is 32.1. The first-order chi connectivity index (χ1) is 21.4. The van der Waals surface area contributed by atoms with Crippen LogP contribution in [0.4, 0.5) is 19.0 Å². The van der Waals surface area contributed by atoms with E-state index in [9.17, 15) is 19.0 Å². The zero-order valence-corrected chi connectivity index (χ0v) is 26.2. The number of pyridine rings is 1. The lowest BCUT2D eigenvalue weighted by atomic mass is 9.73. The number of piperidine rings is 2. The highest BCUT2D eigenvalue weighted by Crippen LogP contribution is 2.40. The van der Waals surface area contributed by atoms with E-state index in [2.05, 4.69) is 14.9 Å². The molecule has 2 saturated heterocycles. The first kappa shape index (κ1) is 31.3. The summed E-state index contributed by atoms with van der Waals surface area (Å²) < 4.78 is 51.9. The van der Waals surface area contributed by atoms with Gasteiger partial charge >= 0.3 is 6.01 Å². The average molecular weight is 624 g/mol. The molecule has 0 aliphatic carbocycles. The van der Waals surface area contributed by atoms with Crippen molar-refractivity contribution in [1.82, 2.24) is 19.9 Å². The Morgan fingerprint density at radius 2 is 1.91 bits per heavy atom. The van der Waals surface area contributed by atoms with Crippen molar-refractivity contribution in [3.05, 3.63) is 47.7 Å². The van der Waals surface area contributed by atoms with E-state index in [1.165, 1.54) is 24.4 Å². The molecule has 0 amide bonds. The van der Waals surface area contributed by atoms with Crippen LogP contribution in [0.3, 0.4) is 0 Å². The standard InChI is InChI=1S/C34H40F3N5O3/c1-5-23-26(36)8-7-20-13-22(43)14-24(27(20)23)29-28(37)30-25(16-38-29)31(42-11-6-10-34(3,44)18-42)40-32(39-30)45-19-33(2)17-41(4)12-9-21(33)15-35/h7-8,13-14,16,21,43-44H,5-6,9-12,15,17-19H2,1-4H3/t21-,33+,34-/m1/s1. The number of anilines is 1. The van der Waals surface area contributed by atoms with Gasteiger partial charge in [0.05, 0.1) is 24.3 Å². The van der Waals surface area contributed by atoms with Crippen LogP contribution in [0.1, 0.15) is 45.6 Å². The van der Waals surface area contributed by atoms with Crippen molar-refractivity contribution in [1.29, 1.82) is 0 Å². The highest BCUT2D eigenvalue weighted by molar-refractivity contribution is 6.01. The van der Waals surface area contributed by atoms with Gasteiger partial charge in [-0.3, -0.25) is 9.37 Å². The number of halogens is 3. The fourth-order valence-electron chi connectivity index (χ4n) is 7.15. The third-order valence-corrected chi connectivity index (χ3v) is 9.57. The Morgan fingerprint density at radius 1 is 1.11 bits per heavy atom. The van der Waals surface area contributed by atoms with Gasteiger partial charge in [0.15, 0.2) is 5.82 Å². The van der Waals surface area contributed by atoms with Gasteiger partial charge in [-0.2, -0.15) is 9.97 Å². The number of hydrogen-bond donors (Lipinski definition) is 2. The molecule has 0 radical (unpaired) electrons. The molecule has 8 nitrogen and oxygen atoms in total. The summed E-state index contributed by atoms with van der Waals surface area (Å²) in [4.78, 5) is 17.7. The predicted octanol–water partition coefficient (Wildman–Crippen LogP) is 6.05. The summed E-state index contributed by atoms with van der Waals surface area (Å²) in [6.45, 7) is 7.48. The largest absolute Gasteiger partial charge is 0.508 e. The smallest absolute Gasteiger partial charge is 0.319 e. The lowest BCUT2D eigenvalue weighted by Gasteiger charge is -2.43. The second-order valence-electron chi connectivity index (χ2n) is 13.3. The molecular weight excluding hydrogens is 583 g/mol. The van der Waals surface area contributed by atoms with E-state index in [0.717, 1.165) is 6.54 Å². The normalized spacial score (nSPS) is 24.4. The first-order valence-corrected chi connectivity index (χ1v) is 15.6. The van der Waals surface area contributed by atoms with E-state index >= 15 is 4.39 Å². The molecular formula is C34H40F3N5O3. The molecule has 2 aromatic heterocycles. The van der Waals surface area contributed by atoms with Crippen LogP contribution in [0, 0.1) is 23.0 Å². The van der Waals surface area contributed by atoms with E-state index in [1.54, 1.807) is 13.0 Å². The summed E-state index contributed by atoms with van der Waals surface area (Å²) in [5, 5.41) is 22.8. The maximum Gasteiger partial charge on any atom is 0.319 e. The molecule has 0 saturated carbocycles. The van der Waals surface area contributed by atoms with Gasteiger partial charge in [-0.15, -0.1) is 0 Å². The molecule has 2 aromatic carbocycles. The fourth-order valence-corrected chi connectivity index (χ4v) is 7.15. The van der Waals surface area contributed by atoms with Gasteiger partial charge in [0.1, 0.15) is 28.6 Å². The molecule has 4 aromatic rings. The average Bonchev–Trinajstić information content (AvgIpc) is 2.99. The maximum atomic E-state index is 16.8. The van der Waals surface area contributed by atoms with Crippen LogP contribution in [0.2, 0.25) is 0 Å². The second-order valence-corrected chi connectivity index (χ2v) is 13.3. The molecule has 0 unspecified atom stereocenters. The maximum absolute atomic E-state index is 16.8. The van der Waals surface area contributed by atoms with Crippen LogP contribution >= 0.6 is 0 Å². The highest BCUT2D eigenvalue weighted by atomic mass is 19.1. The van der Waals surface area contributed by atoms with Gasteiger partial charge in [0, 0.05) is 36.8 Å². The number of alkyl halides is 1. The van der Waals surface area contributed by atoms with E-state index in [4.69, 9.17) is 9.72 Å². The van der Waals surface area contributed by atoms with Crippen LogP contribution in [0.25, 0.3) is 32.9 Å². The van der Waals surface area contributed by atoms with E-state index in [-0.39, 0.29) is 47.6 Å². The van der Waals surface area contributed by atoms with E-state index < -0.39 is 29.3 Å². The molecule has 2 aliphatic heterocycles.